The number of ether oxygens (including phenoxy) is 3. The number of rotatable bonds is 9. The van der Waals surface area contributed by atoms with Gasteiger partial charge in [-0.1, -0.05) is 12.1 Å². The van der Waals surface area contributed by atoms with Gasteiger partial charge in [-0.25, -0.2) is 4.79 Å². The molecule has 1 unspecified atom stereocenters. The van der Waals surface area contributed by atoms with E-state index in [9.17, 15) is 14.4 Å². The first-order chi connectivity index (χ1) is 16.5. The molecule has 0 saturated carbocycles. The Morgan fingerprint density at radius 3 is 2.71 bits per heavy atom. The number of hydrogen-bond acceptors (Lipinski definition) is 8. The fraction of sp³-hybridized carbons (Fsp3) is 0.208. The molecule has 1 aliphatic heterocycles. The second kappa shape index (κ2) is 10.8. The van der Waals surface area contributed by atoms with Crippen LogP contribution < -0.4 is 20.1 Å². The minimum absolute atomic E-state index is 0.0674. The van der Waals surface area contributed by atoms with Gasteiger partial charge in [0.2, 0.25) is 12.7 Å². The van der Waals surface area contributed by atoms with Gasteiger partial charge in [0.05, 0.1) is 24.1 Å². The molecule has 0 aliphatic carbocycles. The number of nitrogens with one attached hydrogen (secondary N) is 2. The molecule has 1 aliphatic rings. The Morgan fingerprint density at radius 2 is 1.88 bits per heavy atom. The zero-order chi connectivity index (χ0) is 23.9. The van der Waals surface area contributed by atoms with Crippen molar-refractivity contribution < 1.29 is 33.0 Å². The highest BCUT2D eigenvalue weighted by molar-refractivity contribution is 8.00. The third-order valence-corrected chi connectivity index (χ3v) is 5.87. The maximum absolute atomic E-state index is 12.7. The van der Waals surface area contributed by atoms with Crippen LogP contribution in [0.25, 0.3) is 0 Å². The first-order valence-electron chi connectivity index (χ1n) is 10.4. The van der Waals surface area contributed by atoms with Gasteiger partial charge >= 0.3 is 5.97 Å². The average molecular weight is 483 g/mol. The number of fused-ring (bicyclic) bond motifs is 1. The SMILES string of the molecule is CC(OC(=O)c1ccccc1SCC(=O)Nc1ccc2c(c1)OCO2)C(=O)NCc1ccco1. The van der Waals surface area contributed by atoms with Gasteiger partial charge in [0.1, 0.15) is 5.76 Å². The molecule has 0 spiro atoms. The molecular formula is C24H22N2O7S. The van der Waals surface area contributed by atoms with Gasteiger partial charge in [0, 0.05) is 16.6 Å². The second-order valence-electron chi connectivity index (χ2n) is 7.25. The van der Waals surface area contributed by atoms with Crippen molar-refractivity contribution in [3.63, 3.8) is 0 Å². The van der Waals surface area contributed by atoms with Crippen molar-refractivity contribution in [2.45, 2.75) is 24.5 Å². The monoisotopic (exact) mass is 482 g/mol. The maximum atomic E-state index is 12.7. The van der Waals surface area contributed by atoms with Crippen molar-refractivity contribution in [1.29, 1.82) is 0 Å². The van der Waals surface area contributed by atoms with Gasteiger partial charge in [-0.2, -0.15) is 0 Å². The van der Waals surface area contributed by atoms with Gasteiger partial charge in [-0.05, 0) is 43.3 Å². The average Bonchev–Trinajstić information content (AvgIpc) is 3.53. The summed E-state index contributed by atoms with van der Waals surface area (Å²) in [6.07, 6.45) is 0.504. The molecular weight excluding hydrogens is 460 g/mol. The summed E-state index contributed by atoms with van der Waals surface area (Å²) in [5.74, 6) is 0.505. The van der Waals surface area contributed by atoms with Crippen molar-refractivity contribution >= 4 is 35.2 Å². The van der Waals surface area contributed by atoms with Gasteiger partial charge in [0.15, 0.2) is 17.6 Å². The standard InChI is InChI=1S/C24H22N2O7S/c1-15(23(28)25-12-17-5-4-10-30-17)33-24(29)18-6-2-3-7-21(18)34-13-22(27)26-16-8-9-19-20(11-16)32-14-31-19/h2-11,15H,12-14H2,1H3,(H,25,28)(H,26,27). The molecule has 1 aromatic heterocycles. The first kappa shape index (κ1) is 23.2. The summed E-state index contributed by atoms with van der Waals surface area (Å²) in [5, 5.41) is 5.44. The highest BCUT2D eigenvalue weighted by atomic mass is 32.2. The van der Waals surface area contributed by atoms with E-state index >= 15 is 0 Å². The van der Waals surface area contributed by atoms with E-state index in [2.05, 4.69) is 10.6 Å². The van der Waals surface area contributed by atoms with E-state index in [0.717, 1.165) is 0 Å². The molecule has 9 nitrogen and oxygen atoms in total. The number of amides is 2. The Hall–Kier alpha value is -3.92. The quantitative estimate of drug-likeness (QED) is 0.351. The summed E-state index contributed by atoms with van der Waals surface area (Å²) in [6.45, 7) is 1.84. The molecule has 2 amide bonds. The number of anilines is 1. The van der Waals surface area contributed by atoms with Crippen molar-refractivity contribution in [3.8, 4) is 11.5 Å². The van der Waals surface area contributed by atoms with Crippen LogP contribution in [-0.4, -0.2) is 36.4 Å². The van der Waals surface area contributed by atoms with Crippen LogP contribution in [0.5, 0.6) is 11.5 Å². The molecule has 4 rings (SSSR count). The predicted octanol–water partition coefficient (Wildman–Crippen LogP) is 3.60. The predicted molar refractivity (Wildman–Crippen MR) is 124 cm³/mol. The molecule has 1 atom stereocenters. The third kappa shape index (κ3) is 5.90. The number of esters is 1. The van der Waals surface area contributed by atoms with Crippen molar-refractivity contribution in [2.24, 2.45) is 0 Å². The summed E-state index contributed by atoms with van der Waals surface area (Å²) in [7, 11) is 0. The Kier molecular flexibility index (Phi) is 7.38. The fourth-order valence-corrected chi connectivity index (χ4v) is 3.92. The summed E-state index contributed by atoms with van der Waals surface area (Å²) < 4.78 is 21.1. The maximum Gasteiger partial charge on any atom is 0.340 e. The molecule has 3 aromatic rings. The molecule has 2 heterocycles. The van der Waals surface area contributed by atoms with Crippen LogP contribution >= 0.6 is 11.8 Å². The van der Waals surface area contributed by atoms with Crippen LogP contribution in [0.15, 0.2) is 70.2 Å². The van der Waals surface area contributed by atoms with Gasteiger partial charge in [-0.3, -0.25) is 9.59 Å². The van der Waals surface area contributed by atoms with Gasteiger partial charge < -0.3 is 29.3 Å². The number of hydrogen-bond donors (Lipinski definition) is 2. The molecule has 10 heteroatoms. The topological polar surface area (TPSA) is 116 Å². The number of carbonyl (C=O) groups is 3. The molecule has 2 N–H and O–H groups in total. The number of thioether (sulfide) groups is 1. The van der Waals surface area contributed by atoms with Crippen LogP contribution in [0.1, 0.15) is 23.0 Å². The number of benzene rings is 2. The van der Waals surface area contributed by atoms with Crippen molar-refractivity contribution in [1.82, 2.24) is 5.32 Å². The highest BCUT2D eigenvalue weighted by Gasteiger charge is 2.21. The van der Waals surface area contributed by atoms with E-state index < -0.39 is 18.0 Å². The zero-order valence-corrected chi connectivity index (χ0v) is 19.1. The van der Waals surface area contributed by atoms with Gasteiger partial charge in [0.25, 0.3) is 5.91 Å². The van der Waals surface area contributed by atoms with E-state index in [1.165, 1.54) is 24.9 Å². The molecule has 0 bridgehead atoms. The Labute approximate surface area is 199 Å². The van der Waals surface area contributed by atoms with Crippen LogP contribution in [-0.2, 0) is 20.9 Å². The lowest BCUT2D eigenvalue weighted by atomic mass is 10.2. The molecule has 176 valence electrons. The lowest BCUT2D eigenvalue weighted by Crippen LogP contribution is -2.35. The molecule has 34 heavy (non-hydrogen) atoms. The van der Waals surface area contributed by atoms with E-state index in [-0.39, 0.29) is 30.6 Å². The summed E-state index contributed by atoms with van der Waals surface area (Å²) in [6, 6.07) is 15.3. The number of carbonyl (C=O) groups excluding carboxylic acids is 3. The Morgan fingerprint density at radius 1 is 1.06 bits per heavy atom. The molecule has 0 radical (unpaired) electrons. The number of furan rings is 1. The van der Waals surface area contributed by atoms with Crippen molar-refractivity contribution in [3.05, 3.63) is 72.2 Å². The Balaban J connectivity index is 1.30. The lowest BCUT2D eigenvalue weighted by molar-refractivity contribution is -0.129. The summed E-state index contributed by atoms with van der Waals surface area (Å²) >= 11 is 1.19. The molecule has 0 fully saturated rings. The van der Waals surface area contributed by atoms with Crippen LogP contribution in [0.3, 0.4) is 0 Å². The van der Waals surface area contributed by atoms with Gasteiger partial charge in [-0.15, -0.1) is 11.8 Å². The molecule has 0 saturated heterocycles. The van der Waals surface area contributed by atoms with E-state index in [0.29, 0.717) is 27.8 Å². The summed E-state index contributed by atoms with van der Waals surface area (Å²) in [4.78, 5) is 37.9. The minimum atomic E-state index is -1.00. The Bertz CT molecular complexity index is 1180. The largest absolute Gasteiger partial charge is 0.467 e. The van der Waals surface area contributed by atoms with Crippen LogP contribution in [0, 0.1) is 0 Å². The smallest absolute Gasteiger partial charge is 0.340 e. The third-order valence-electron chi connectivity index (χ3n) is 4.79. The summed E-state index contributed by atoms with van der Waals surface area (Å²) in [5.41, 5.74) is 0.853. The van der Waals surface area contributed by atoms with E-state index in [4.69, 9.17) is 18.6 Å². The van der Waals surface area contributed by atoms with E-state index in [1.807, 2.05) is 0 Å². The van der Waals surface area contributed by atoms with Crippen LogP contribution in [0.2, 0.25) is 0 Å². The molecule has 2 aromatic carbocycles. The minimum Gasteiger partial charge on any atom is -0.467 e. The normalized spacial score (nSPS) is 12.6. The second-order valence-corrected chi connectivity index (χ2v) is 8.26. The van der Waals surface area contributed by atoms with Crippen molar-refractivity contribution in [2.75, 3.05) is 17.9 Å². The first-order valence-corrected chi connectivity index (χ1v) is 11.4. The highest BCUT2D eigenvalue weighted by Crippen LogP contribution is 2.34. The lowest BCUT2D eigenvalue weighted by Gasteiger charge is -2.14. The van der Waals surface area contributed by atoms with E-state index in [1.54, 1.807) is 54.6 Å². The van der Waals surface area contributed by atoms with Crippen LogP contribution in [0.4, 0.5) is 5.69 Å². The fourth-order valence-electron chi connectivity index (χ4n) is 3.08. The zero-order valence-electron chi connectivity index (χ0n) is 18.2.